The molecule has 0 bridgehead atoms. The summed E-state index contributed by atoms with van der Waals surface area (Å²) >= 11 is 0. The van der Waals surface area contributed by atoms with Gasteiger partial charge < -0.3 is 14.8 Å². The minimum absolute atomic E-state index is 0.0184. The first-order valence-electron chi connectivity index (χ1n) is 8.00. The molecule has 0 radical (unpaired) electrons. The monoisotopic (exact) mass is 376 g/mol. The van der Waals surface area contributed by atoms with Crippen molar-refractivity contribution >= 4 is 23.3 Å². The van der Waals surface area contributed by atoms with Crippen LogP contribution >= 0.6 is 0 Å². The van der Waals surface area contributed by atoms with Crippen LogP contribution in [-0.4, -0.2) is 39.8 Å². The second kappa shape index (κ2) is 7.85. The number of esters is 1. The zero-order valence-corrected chi connectivity index (χ0v) is 15.6. The van der Waals surface area contributed by atoms with Crippen LogP contribution in [-0.2, 0) is 16.6 Å². The third-order valence-corrected chi connectivity index (χ3v) is 4.02. The summed E-state index contributed by atoms with van der Waals surface area (Å²) in [6.45, 7) is 4.95. The molecule has 0 fully saturated rings. The van der Waals surface area contributed by atoms with E-state index in [0.717, 1.165) is 11.8 Å². The number of carbonyl (C=O) groups is 2. The van der Waals surface area contributed by atoms with E-state index in [1.165, 1.54) is 26.2 Å². The molecule has 1 atom stereocenters. The maximum Gasteiger partial charge on any atom is 0.339 e. The Balaban J connectivity index is 2.12. The number of nitrogens with one attached hydrogen (secondary N) is 1. The van der Waals surface area contributed by atoms with Gasteiger partial charge in [-0.1, -0.05) is 0 Å². The average molecular weight is 376 g/mol. The van der Waals surface area contributed by atoms with Crippen LogP contribution in [0.25, 0.3) is 0 Å². The third kappa shape index (κ3) is 4.22. The van der Waals surface area contributed by atoms with Gasteiger partial charge in [0.15, 0.2) is 11.9 Å². The number of methoxy groups -OCH3 is 1. The standard InChI is InChI=1S/C17H20N4O6/c1-9-15(10(2)20(4)19-9)18-16(22)11(3)27-17(23)12-6-7-14(26-5)13(8-12)21(24)25/h6-8,11H,1-5H3,(H,18,22)/t11-/m1/s1. The van der Waals surface area contributed by atoms with Crippen LogP contribution in [0.5, 0.6) is 5.75 Å². The van der Waals surface area contributed by atoms with E-state index in [1.54, 1.807) is 25.6 Å². The minimum Gasteiger partial charge on any atom is -0.490 e. The van der Waals surface area contributed by atoms with E-state index in [4.69, 9.17) is 9.47 Å². The molecule has 0 saturated heterocycles. The van der Waals surface area contributed by atoms with E-state index in [-0.39, 0.29) is 17.0 Å². The smallest absolute Gasteiger partial charge is 0.339 e. The Morgan fingerprint density at radius 3 is 2.52 bits per heavy atom. The molecule has 0 saturated carbocycles. The largest absolute Gasteiger partial charge is 0.490 e. The van der Waals surface area contributed by atoms with Crippen molar-refractivity contribution in [2.75, 3.05) is 12.4 Å². The van der Waals surface area contributed by atoms with Gasteiger partial charge in [-0.05, 0) is 32.9 Å². The van der Waals surface area contributed by atoms with Gasteiger partial charge in [-0.2, -0.15) is 5.10 Å². The molecule has 0 aliphatic carbocycles. The summed E-state index contributed by atoms with van der Waals surface area (Å²) in [5.74, 6) is -1.38. The molecule has 2 aromatic rings. The number of ether oxygens (including phenoxy) is 2. The number of nitro benzene ring substituents is 1. The van der Waals surface area contributed by atoms with Crippen LogP contribution in [0.1, 0.15) is 28.7 Å². The molecule has 1 aromatic heterocycles. The van der Waals surface area contributed by atoms with E-state index in [0.29, 0.717) is 11.4 Å². The van der Waals surface area contributed by atoms with Crippen molar-refractivity contribution in [3.63, 3.8) is 0 Å². The summed E-state index contributed by atoms with van der Waals surface area (Å²) in [6.07, 6.45) is -1.11. The maximum atomic E-state index is 12.3. The summed E-state index contributed by atoms with van der Waals surface area (Å²) in [5, 5.41) is 17.9. The van der Waals surface area contributed by atoms with E-state index in [9.17, 15) is 19.7 Å². The first kappa shape index (κ1) is 19.9. The van der Waals surface area contributed by atoms with Gasteiger partial charge in [-0.3, -0.25) is 19.6 Å². The van der Waals surface area contributed by atoms with E-state index in [1.807, 2.05) is 0 Å². The van der Waals surface area contributed by atoms with Crippen LogP contribution in [0.4, 0.5) is 11.4 Å². The number of aromatic nitrogens is 2. The van der Waals surface area contributed by atoms with Crippen molar-refractivity contribution in [3.05, 3.63) is 45.3 Å². The number of amides is 1. The van der Waals surface area contributed by atoms with Crippen LogP contribution in [0.2, 0.25) is 0 Å². The van der Waals surface area contributed by atoms with Gasteiger partial charge in [0.25, 0.3) is 5.91 Å². The number of hydrogen-bond donors (Lipinski definition) is 1. The van der Waals surface area contributed by atoms with E-state index in [2.05, 4.69) is 10.4 Å². The van der Waals surface area contributed by atoms with Gasteiger partial charge >= 0.3 is 11.7 Å². The molecule has 1 N–H and O–H groups in total. The molecular weight excluding hydrogens is 356 g/mol. The molecular formula is C17H20N4O6. The molecule has 10 heteroatoms. The SMILES string of the molecule is COc1ccc(C(=O)O[C@H](C)C(=O)Nc2c(C)nn(C)c2C)cc1[N+](=O)[O-]. The second-order valence-corrected chi connectivity index (χ2v) is 5.85. The van der Waals surface area contributed by atoms with Gasteiger partial charge in [-0.15, -0.1) is 0 Å². The molecule has 10 nitrogen and oxygen atoms in total. The van der Waals surface area contributed by atoms with E-state index < -0.39 is 22.9 Å². The Labute approximate surface area is 155 Å². The quantitative estimate of drug-likeness (QED) is 0.465. The van der Waals surface area contributed by atoms with Crippen LogP contribution in [0.15, 0.2) is 18.2 Å². The number of aryl methyl sites for hydroxylation is 2. The molecule has 1 heterocycles. The van der Waals surface area contributed by atoms with Gasteiger partial charge in [0.1, 0.15) is 0 Å². The molecule has 27 heavy (non-hydrogen) atoms. The number of rotatable bonds is 6. The van der Waals surface area contributed by atoms with Gasteiger partial charge in [0.2, 0.25) is 0 Å². The number of anilines is 1. The van der Waals surface area contributed by atoms with Gasteiger partial charge in [-0.25, -0.2) is 4.79 Å². The second-order valence-electron chi connectivity index (χ2n) is 5.85. The molecule has 144 valence electrons. The van der Waals surface area contributed by atoms with E-state index >= 15 is 0 Å². The summed E-state index contributed by atoms with van der Waals surface area (Å²) in [5.41, 5.74) is 1.50. The minimum atomic E-state index is -1.11. The molecule has 0 unspecified atom stereocenters. The highest BCUT2D eigenvalue weighted by atomic mass is 16.6. The Morgan fingerprint density at radius 1 is 1.33 bits per heavy atom. The highest BCUT2D eigenvalue weighted by molar-refractivity contribution is 5.98. The number of nitro groups is 1. The first-order valence-corrected chi connectivity index (χ1v) is 8.00. The Bertz CT molecular complexity index is 905. The maximum absolute atomic E-state index is 12.3. The average Bonchev–Trinajstić information content (AvgIpc) is 2.86. The third-order valence-electron chi connectivity index (χ3n) is 4.02. The molecule has 1 amide bonds. The number of carbonyl (C=O) groups excluding carboxylic acids is 2. The Kier molecular flexibility index (Phi) is 5.78. The highest BCUT2D eigenvalue weighted by Gasteiger charge is 2.24. The number of benzene rings is 1. The molecule has 1 aromatic carbocycles. The summed E-state index contributed by atoms with van der Waals surface area (Å²) in [6, 6.07) is 3.66. The predicted molar refractivity (Wildman–Crippen MR) is 95.8 cm³/mol. The van der Waals surface area contributed by atoms with Gasteiger partial charge in [0, 0.05) is 13.1 Å². The Morgan fingerprint density at radius 2 is 2.00 bits per heavy atom. The number of hydrogen-bond acceptors (Lipinski definition) is 7. The van der Waals surface area contributed by atoms with Crippen LogP contribution in [0, 0.1) is 24.0 Å². The van der Waals surface area contributed by atoms with Crippen molar-refractivity contribution in [1.29, 1.82) is 0 Å². The van der Waals surface area contributed by atoms with Crippen molar-refractivity contribution in [1.82, 2.24) is 9.78 Å². The molecule has 0 aliphatic heterocycles. The highest BCUT2D eigenvalue weighted by Crippen LogP contribution is 2.28. The molecule has 0 aliphatic rings. The predicted octanol–water partition coefficient (Wildman–Crippen LogP) is 2.14. The summed E-state index contributed by atoms with van der Waals surface area (Å²) < 4.78 is 11.6. The topological polar surface area (TPSA) is 126 Å². The lowest BCUT2D eigenvalue weighted by Gasteiger charge is -2.14. The fourth-order valence-corrected chi connectivity index (χ4v) is 2.42. The zero-order valence-electron chi connectivity index (χ0n) is 15.6. The van der Waals surface area contributed by atoms with Crippen molar-refractivity contribution in [2.45, 2.75) is 26.9 Å². The number of nitrogens with zero attached hydrogens (tertiary/aromatic N) is 3. The molecule has 0 spiro atoms. The van der Waals surface area contributed by atoms with Gasteiger partial charge in [0.05, 0.1) is 34.7 Å². The lowest BCUT2D eigenvalue weighted by atomic mass is 10.2. The van der Waals surface area contributed by atoms with Crippen molar-refractivity contribution in [2.24, 2.45) is 7.05 Å². The van der Waals surface area contributed by atoms with Crippen molar-refractivity contribution < 1.29 is 24.0 Å². The van der Waals surface area contributed by atoms with Crippen LogP contribution in [0.3, 0.4) is 0 Å². The zero-order chi connectivity index (χ0) is 20.3. The lowest BCUT2D eigenvalue weighted by molar-refractivity contribution is -0.385. The fraction of sp³-hybridized carbons (Fsp3) is 0.353. The van der Waals surface area contributed by atoms with Crippen LogP contribution < -0.4 is 10.1 Å². The summed E-state index contributed by atoms with van der Waals surface area (Å²) in [7, 11) is 3.03. The first-order chi connectivity index (χ1) is 12.6. The normalized spacial score (nSPS) is 11.6. The molecule has 2 rings (SSSR count). The Hall–Kier alpha value is -3.43. The fourth-order valence-electron chi connectivity index (χ4n) is 2.42. The lowest BCUT2D eigenvalue weighted by Crippen LogP contribution is -2.30. The van der Waals surface area contributed by atoms with Crippen molar-refractivity contribution in [3.8, 4) is 5.75 Å². The summed E-state index contributed by atoms with van der Waals surface area (Å²) in [4.78, 5) is 34.9.